The van der Waals surface area contributed by atoms with Gasteiger partial charge in [-0.3, -0.25) is 9.36 Å². The number of aromatic nitrogens is 1. The minimum absolute atomic E-state index is 0.346. The van der Waals surface area contributed by atoms with Gasteiger partial charge in [0.2, 0.25) is 0 Å². The molecule has 0 bridgehead atoms. The number of halogens is 3. The predicted molar refractivity (Wildman–Crippen MR) is 131 cm³/mol. The molecule has 4 rings (SSSR count). The number of aliphatic hydroxyl groups is 1. The summed E-state index contributed by atoms with van der Waals surface area (Å²) in [7, 11) is 0. The molecule has 0 aliphatic carbocycles. The van der Waals surface area contributed by atoms with Gasteiger partial charge in [-0.1, -0.05) is 12.1 Å². The second-order valence-electron chi connectivity index (χ2n) is 8.66. The largest absolute Gasteiger partial charge is 0.416 e. The van der Waals surface area contributed by atoms with Crippen LogP contribution in [0.5, 0.6) is 0 Å². The van der Waals surface area contributed by atoms with Crippen molar-refractivity contribution >= 4 is 11.9 Å². The Hall–Kier alpha value is -3.43. The standard InChI is InChI=1S/C26H27F3N4O2/c27-26(28,29)21-5-3-18(4-6-21)19-9-12-33(25(35)14-19)22-7-8-24(20(13-22)15-30)31-16-23(34)17-32-10-1-2-11-32/h3-9,12-15,23,30-31,34H,1-2,10-11,16-17H2/t23-/m0/s1. The van der Waals surface area contributed by atoms with Crippen LogP contribution in [-0.4, -0.2) is 53.1 Å². The molecule has 3 N–H and O–H groups in total. The summed E-state index contributed by atoms with van der Waals surface area (Å²) in [4.78, 5) is 15.0. The minimum atomic E-state index is -4.42. The molecule has 0 saturated carbocycles. The third-order valence-corrected chi connectivity index (χ3v) is 6.13. The summed E-state index contributed by atoms with van der Waals surface area (Å²) >= 11 is 0. The van der Waals surface area contributed by atoms with Gasteiger partial charge in [0.15, 0.2) is 0 Å². The molecule has 184 valence electrons. The molecule has 1 aliphatic rings. The second-order valence-corrected chi connectivity index (χ2v) is 8.66. The highest BCUT2D eigenvalue weighted by Crippen LogP contribution is 2.30. The van der Waals surface area contributed by atoms with Gasteiger partial charge in [0, 0.05) is 48.5 Å². The molecule has 0 radical (unpaired) electrons. The molecule has 1 fully saturated rings. The number of hydrogen-bond donors (Lipinski definition) is 3. The third kappa shape index (κ3) is 5.98. The average Bonchev–Trinajstić information content (AvgIpc) is 3.35. The van der Waals surface area contributed by atoms with Crippen LogP contribution in [0, 0.1) is 5.41 Å². The Bertz CT molecular complexity index is 1230. The molecule has 1 aliphatic heterocycles. The Labute approximate surface area is 201 Å². The van der Waals surface area contributed by atoms with Crippen molar-refractivity contribution in [3.63, 3.8) is 0 Å². The fourth-order valence-electron chi connectivity index (χ4n) is 4.26. The molecule has 0 spiro atoms. The summed E-state index contributed by atoms with van der Waals surface area (Å²) in [6.07, 6.45) is 0.105. The fourth-order valence-corrected chi connectivity index (χ4v) is 4.26. The first-order valence-electron chi connectivity index (χ1n) is 11.4. The van der Waals surface area contributed by atoms with Gasteiger partial charge in [-0.05, 0) is 73.5 Å². The van der Waals surface area contributed by atoms with Gasteiger partial charge in [-0.25, -0.2) is 0 Å². The number of benzene rings is 2. The lowest BCUT2D eigenvalue weighted by Gasteiger charge is -2.20. The topological polar surface area (TPSA) is 81.3 Å². The van der Waals surface area contributed by atoms with Crippen molar-refractivity contribution in [1.29, 1.82) is 5.41 Å². The van der Waals surface area contributed by atoms with Crippen molar-refractivity contribution in [3.05, 3.63) is 82.3 Å². The van der Waals surface area contributed by atoms with Crippen LogP contribution < -0.4 is 10.9 Å². The molecule has 35 heavy (non-hydrogen) atoms. The Kier molecular flexibility index (Phi) is 7.37. The van der Waals surface area contributed by atoms with E-state index in [9.17, 15) is 23.1 Å². The van der Waals surface area contributed by atoms with E-state index >= 15 is 0 Å². The highest BCUT2D eigenvalue weighted by molar-refractivity contribution is 5.86. The number of nitrogens with zero attached hydrogens (tertiary/aromatic N) is 2. The van der Waals surface area contributed by atoms with E-state index in [1.54, 1.807) is 30.5 Å². The Morgan fingerprint density at radius 2 is 1.74 bits per heavy atom. The van der Waals surface area contributed by atoms with Crippen molar-refractivity contribution < 1.29 is 18.3 Å². The molecular weight excluding hydrogens is 457 g/mol. The van der Waals surface area contributed by atoms with E-state index in [1.807, 2.05) is 0 Å². The van der Waals surface area contributed by atoms with E-state index in [-0.39, 0.29) is 5.56 Å². The van der Waals surface area contributed by atoms with Crippen molar-refractivity contribution in [1.82, 2.24) is 9.47 Å². The maximum Gasteiger partial charge on any atom is 0.416 e. The number of rotatable bonds is 8. The number of pyridine rings is 1. The summed E-state index contributed by atoms with van der Waals surface area (Å²) in [5, 5.41) is 21.3. The number of aliphatic hydroxyl groups excluding tert-OH is 1. The van der Waals surface area contributed by atoms with E-state index in [4.69, 9.17) is 5.41 Å². The molecule has 0 amide bonds. The molecule has 9 heteroatoms. The molecule has 1 saturated heterocycles. The SMILES string of the molecule is N=Cc1cc(-n2ccc(-c3ccc(C(F)(F)F)cc3)cc2=O)ccc1NC[C@H](O)CN1CCCC1. The fraction of sp³-hybridized carbons (Fsp3) is 0.308. The normalized spacial score (nSPS) is 15.2. The Morgan fingerprint density at radius 3 is 2.37 bits per heavy atom. The van der Waals surface area contributed by atoms with Crippen LogP contribution in [0.15, 0.2) is 65.6 Å². The third-order valence-electron chi connectivity index (χ3n) is 6.13. The van der Waals surface area contributed by atoms with E-state index < -0.39 is 17.8 Å². The number of anilines is 1. The maximum atomic E-state index is 12.8. The lowest BCUT2D eigenvalue weighted by Crippen LogP contribution is -2.34. The second kappa shape index (κ2) is 10.5. The molecule has 2 heterocycles. The molecule has 1 atom stereocenters. The minimum Gasteiger partial charge on any atom is -0.390 e. The molecular formula is C26H27F3N4O2. The average molecular weight is 485 g/mol. The van der Waals surface area contributed by atoms with Crippen LogP contribution in [-0.2, 0) is 6.18 Å². The van der Waals surface area contributed by atoms with Crippen molar-refractivity contribution in [2.75, 3.05) is 31.5 Å². The van der Waals surface area contributed by atoms with Crippen LogP contribution in [0.25, 0.3) is 16.8 Å². The monoisotopic (exact) mass is 484 g/mol. The number of nitrogens with one attached hydrogen (secondary N) is 2. The zero-order valence-corrected chi connectivity index (χ0v) is 19.1. The van der Waals surface area contributed by atoms with Gasteiger partial charge in [-0.15, -0.1) is 0 Å². The Balaban J connectivity index is 1.48. The van der Waals surface area contributed by atoms with Crippen LogP contribution in [0.1, 0.15) is 24.0 Å². The number of β-amino-alcohol motifs (C(OH)–C–C–N with tert-alkyl or cyclic N) is 1. The van der Waals surface area contributed by atoms with Gasteiger partial charge in [0.1, 0.15) is 0 Å². The van der Waals surface area contributed by atoms with Crippen molar-refractivity contribution in [2.45, 2.75) is 25.1 Å². The lowest BCUT2D eigenvalue weighted by atomic mass is 10.0. The van der Waals surface area contributed by atoms with Crippen LogP contribution >= 0.6 is 0 Å². The molecule has 6 nitrogen and oxygen atoms in total. The molecule has 1 aromatic heterocycles. The lowest BCUT2D eigenvalue weighted by molar-refractivity contribution is -0.137. The zero-order valence-electron chi connectivity index (χ0n) is 19.1. The number of hydrogen-bond acceptors (Lipinski definition) is 5. The van der Waals surface area contributed by atoms with Crippen LogP contribution in [0.3, 0.4) is 0 Å². The van der Waals surface area contributed by atoms with E-state index in [0.29, 0.717) is 41.2 Å². The summed E-state index contributed by atoms with van der Waals surface area (Å²) in [6, 6.07) is 12.9. The first-order valence-corrected chi connectivity index (χ1v) is 11.4. The van der Waals surface area contributed by atoms with E-state index in [2.05, 4.69) is 10.2 Å². The summed E-state index contributed by atoms with van der Waals surface area (Å²) in [5.41, 5.74) is 1.72. The molecule has 3 aromatic rings. The number of alkyl halides is 3. The number of likely N-dealkylation sites (tertiary alicyclic amines) is 1. The highest BCUT2D eigenvalue weighted by Gasteiger charge is 2.30. The first kappa shape index (κ1) is 24.7. The van der Waals surface area contributed by atoms with Crippen molar-refractivity contribution in [2.24, 2.45) is 0 Å². The molecule has 2 aromatic carbocycles. The summed E-state index contributed by atoms with van der Waals surface area (Å²) < 4.78 is 39.8. The van der Waals surface area contributed by atoms with Gasteiger partial charge < -0.3 is 20.7 Å². The Morgan fingerprint density at radius 1 is 1.03 bits per heavy atom. The van der Waals surface area contributed by atoms with Crippen molar-refractivity contribution in [3.8, 4) is 16.8 Å². The maximum absolute atomic E-state index is 12.8. The quantitative estimate of drug-likeness (QED) is 0.415. The predicted octanol–water partition coefficient (Wildman–Crippen LogP) is 4.39. The van der Waals surface area contributed by atoms with Crippen LogP contribution in [0.2, 0.25) is 0 Å². The van der Waals surface area contributed by atoms with Gasteiger partial charge in [0.25, 0.3) is 5.56 Å². The van der Waals surface area contributed by atoms with Gasteiger partial charge in [0.05, 0.1) is 11.7 Å². The van der Waals surface area contributed by atoms with E-state index in [0.717, 1.165) is 38.1 Å². The van der Waals surface area contributed by atoms with Gasteiger partial charge in [-0.2, -0.15) is 13.2 Å². The smallest absolute Gasteiger partial charge is 0.390 e. The first-order chi connectivity index (χ1) is 16.7. The van der Waals surface area contributed by atoms with Crippen LogP contribution in [0.4, 0.5) is 18.9 Å². The summed E-state index contributed by atoms with van der Waals surface area (Å²) in [5.74, 6) is 0. The highest BCUT2D eigenvalue weighted by atomic mass is 19.4. The summed E-state index contributed by atoms with van der Waals surface area (Å²) in [6.45, 7) is 2.96. The molecule has 0 unspecified atom stereocenters. The zero-order chi connectivity index (χ0) is 25.0. The van der Waals surface area contributed by atoms with E-state index in [1.165, 1.54) is 29.0 Å². The van der Waals surface area contributed by atoms with Gasteiger partial charge >= 0.3 is 6.18 Å².